The van der Waals surface area contributed by atoms with E-state index in [1.807, 2.05) is 31.4 Å². The largest absolute Gasteiger partial charge is 0.387 e. The maximum absolute atomic E-state index is 13.6. The number of aliphatic hydroxyl groups excluding tert-OH is 1. The van der Waals surface area contributed by atoms with Crippen LogP contribution in [0.3, 0.4) is 0 Å². The number of pyridine rings is 2. The van der Waals surface area contributed by atoms with E-state index >= 15 is 0 Å². The highest BCUT2D eigenvalue weighted by Crippen LogP contribution is 2.51. The fourth-order valence-electron chi connectivity index (χ4n) is 3.53. The molecule has 1 saturated carbocycles. The summed E-state index contributed by atoms with van der Waals surface area (Å²) in [5, 5.41) is 16.4. The molecule has 0 aromatic carbocycles. The number of hydrogen-bond acceptors (Lipinski definition) is 5. The van der Waals surface area contributed by atoms with Gasteiger partial charge in [0.15, 0.2) is 5.65 Å². The molecule has 1 aliphatic carbocycles. The zero-order valence-electron chi connectivity index (χ0n) is 14.4. The van der Waals surface area contributed by atoms with E-state index in [1.54, 1.807) is 16.9 Å². The molecule has 0 spiro atoms. The molecule has 8 heteroatoms. The third-order valence-corrected chi connectivity index (χ3v) is 6.29. The first-order chi connectivity index (χ1) is 12.9. The van der Waals surface area contributed by atoms with Gasteiger partial charge in [-0.3, -0.25) is 4.68 Å². The monoisotopic (exact) mass is 386 g/mol. The highest BCUT2D eigenvalue weighted by molar-refractivity contribution is 7.18. The van der Waals surface area contributed by atoms with Crippen molar-refractivity contribution in [1.82, 2.24) is 19.7 Å². The van der Waals surface area contributed by atoms with Crippen LogP contribution < -0.4 is 0 Å². The summed E-state index contributed by atoms with van der Waals surface area (Å²) >= 11 is 1.27. The van der Waals surface area contributed by atoms with Crippen molar-refractivity contribution in [2.24, 2.45) is 13.0 Å². The van der Waals surface area contributed by atoms with Gasteiger partial charge in [-0.2, -0.15) is 5.10 Å². The maximum atomic E-state index is 13.6. The van der Waals surface area contributed by atoms with Crippen LogP contribution in [0.15, 0.2) is 36.7 Å². The van der Waals surface area contributed by atoms with Gasteiger partial charge in [0.25, 0.3) is 5.92 Å². The predicted octanol–water partition coefficient (Wildman–Crippen LogP) is 4.32. The molecule has 5 rings (SSSR count). The molecule has 0 radical (unpaired) electrons. The molecule has 2 atom stereocenters. The van der Waals surface area contributed by atoms with Gasteiger partial charge < -0.3 is 5.11 Å². The van der Waals surface area contributed by atoms with Crippen LogP contribution in [-0.2, 0) is 7.05 Å². The first-order valence-corrected chi connectivity index (χ1v) is 9.48. The molecular weight excluding hydrogens is 370 g/mol. The summed E-state index contributed by atoms with van der Waals surface area (Å²) in [6.45, 7) is 0. The molecule has 4 aromatic heterocycles. The number of alkyl halides is 2. The Morgan fingerprint density at radius 2 is 2.15 bits per heavy atom. The molecule has 2 unspecified atom stereocenters. The van der Waals surface area contributed by atoms with Crippen LogP contribution in [0, 0.1) is 5.92 Å². The van der Waals surface area contributed by atoms with E-state index in [9.17, 15) is 13.9 Å². The minimum atomic E-state index is -2.78. The van der Waals surface area contributed by atoms with Crippen LogP contribution in [0.2, 0.25) is 0 Å². The van der Waals surface area contributed by atoms with Crippen LogP contribution >= 0.6 is 11.3 Å². The number of fused-ring (bicyclic) bond motifs is 2. The van der Waals surface area contributed by atoms with E-state index in [1.165, 1.54) is 11.3 Å². The second-order valence-corrected chi connectivity index (χ2v) is 8.09. The van der Waals surface area contributed by atoms with Gasteiger partial charge in [-0.15, -0.1) is 11.3 Å². The second-order valence-electron chi connectivity index (χ2n) is 7.03. The van der Waals surface area contributed by atoms with Crippen LogP contribution in [0.4, 0.5) is 8.78 Å². The van der Waals surface area contributed by atoms with Crippen molar-refractivity contribution in [1.29, 1.82) is 0 Å². The summed E-state index contributed by atoms with van der Waals surface area (Å²) in [5.74, 6) is -3.78. The third kappa shape index (κ3) is 2.71. The van der Waals surface area contributed by atoms with Crippen molar-refractivity contribution in [3.05, 3.63) is 41.5 Å². The normalized spacial score (nSPS) is 20.1. The lowest BCUT2D eigenvalue weighted by molar-refractivity contribution is -0.172. The van der Waals surface area contributed by atoms with E-state index in [4.69, 9.17) is 0 Å². The molecule has 1 fully saturated rings. The van der Waals surface area contributed by atoms with E-state index in [-0.39, 0.29) is 6.42 Å². The molecule has 4 heterocycles. The van der Waals surface area contributed by atoms with E-state index < -0.39 is 17.9 Å². The first kappa shape index (κ1) is 16.7. The predicted molar refractivity (Wildman–Crippen MR) is 99.8 cm³/mol. The molecule has 4 aromatic rings. The van der Waals surface area contributed by atoms with Gasteiger partial charge in [-0.25, -0.2) is 18.7 Å². The number of nitrogens with zero attached hydrogens (tertiary/aromatic N) is 4. The van der Waals surface area contributed by atoms with Crippen molar-refractivity contribution < 1.29 is 13.9 Å². The zero-order chi connectivity index (χ0) is 18.8. The summed E-state index contributed by atoms with van der Waals surface area (Å²) in [5.41, 5.74) is 2.28. The van der Waals surface area contributed by atoms with Crippen molar-refractivity contribution in [2.75, 3.05) is 0 Å². The smallest absolute Gasteiger partial charge is 0.253 e. The molecular formula is C19H16F2N4OS. The molecule has 0 bridgehead atoms. The van der Waals surface area contributed by atoms with Crippen LogP contribution in [0.25, 0.3) is 32.5 Å². The number of aryl methyl sites for hydroxylation is 1. The average molecular weight is 386 g/mol. The van der Waals surface area contributed by atoms with Crippen molar-refractivity contribution in [2.45, 2.75) is 24.9 Å². The van der Waals surface area contributed by atoms with E-state index in [0.717, 1.165) is 26.9 Å². The Labute approximate surface area is 157 Å². The van der Waals surface area contributed by atoms with Gasteiger partial charge in [-0.1, -0.05) is 0 Å². The number of hydrogen-bond donors (Lipinski definition) is 1. The zero-order valence-corrected chi connectivity index (χ0v) is 15.2. The van der Waals surface area contributed by atoms with Gasteiger partial charge in [0, 0.05) is 47.1 Å². The Bertz CT molecular complexity index is 1170. The summed E-state index contributed by atoms with van der Waals surface area (Å²) in [6.07, 6.45) is 2.67. The number of halogens is 2. The Balaban J connectivity index is 1.51. The van der Waals surface area contributed by atoms with Crippen LogP contribution in [-0.4, -0.2) is 30.8 Å². The summed E-state index contributed by atoms with van der Waals surface area (Å²) in [6, 6.07) is 7.51. The molecule has 27 heavy (non-hydrogen) atoms. The number of aromatic nitrogens is 4. The highest BCUT2D eigenvalue weighted by Gasteiger charge is 2.52. The Kier molecular flexibility index (Phi) is 3.57. The Morgan fingerprint density at radius 1 is 1.30 bits per heavy atom. The molecule has 1 N–H and O–H groups in total. The minimum absolute atomic E-state index is 0.147. The summed E-state index contributed by atoms with van der Waals surface area (Å²) in [4.78, 5) is 10.3. The molecule has 0 saturated heterocycles. The Morgan fingerprint density at radius 3 is 2.89 bits per heavy atom. The number of thiophene rings is 1. The van der Waals surface area contributed by atoms with Crippen LogP contribution in [0.5, 0.6) is 0 Å². The van der Waals surface area contributed by atoms with Gasteiger partial charge >= 0.3 is 0 Å². The molecule has 0 aliphatic heterocycles. The third-order valence-electron chi connectivity index (χ3n) is 5.18. The Hall–Kier alpha value is -2.45. The molecule has 5 nitrogen and oxygen atoms in total. The molecule has 1 aliphatic rings. The summed E-state index contributed by atoms with van der Waals surface area (Å²) < 4.78 is 29.0. The van der Waals surface area contributed by atoms with E-state index in [0.29, 0.717) is 16.9 Å². The van der Waals surface area contributed by atoms with E-state index in [2.05, 4.69) is 15.1 Å². The maximum Gasteiger partial charge on any atom is 0.253 e. The topological polar surface area (TPSA) is 63.8 Å². The minimum Gasteiger partial charge on any atom is -0.387 e. The molecule has 138 valence electrons. The quantitative estimate of drug-likeness (QED) is 0.569. The van der Waals surface area contributed by atoms with Crippen molar-refractivity contribution in [3.63, 3.8) is 0 Å². The lowest BCUT2D eigenvalue weighted by Crippen LogP contribution is -2.42. The SMILES string of the molecule is Cn1cc2cc(-c3ccc4cc(C(O)C5CCC5(F)F)sc4n3)cnc2n1. The van der Waals surface area contributed by atoms with Gasteiger partial charge in [-0.05, 0) is 30.7 Å². The van der Waals surface area contributed by atoms with Crippen LogP contribution in [0.1, 0.15) is 23.8 Å². The lowest BCUT2D eigenvalue weighted by atomic mass is 9.76. The lowest BCUT2D eigenvalue weighted by Gasteiger charge is -2.38. The standard InChI is InChI=1S/C19H16F2N4OS/c1-25-9-12-6-11(8-22-17(12)24-25)14-3-2-10-7-15(27-18(10)23-14)16(26)13-4-5-19(13,20)21/h2-3,6-9,13,16,26H,4-5H2,1H3. The second kappa shape index (κ2) is 5.77. The number of aliphatic hydroxyl groups is 1. The fraction of sp³-hybridized carbons (Fsp3) is 0.316. The summed E-state index contributed by atoms with van der Waals surface area (Å²) in [7, 11) is 1.84. The fourth-order valence-corrected chi connectivity index (χ4v) is 4.62. The van der Waals surface area contributed by atoms with Crippen molar-refractivity contribution in [3.8, 4) is 11.3 Å². The van der Waals surface area contributed by atoms with Gasteiger partial charge in [0.05, 0.1) is 17.7 Å². The van der Waals surface area contributed by atoms with Crippen molar-refractivity contribution >= 4 is 32.6 Å². The highest BCUT2D eigenvalue weighted by atomic mass is 32.1. The van der Waals surface area contributed by atoms with Gasteiger partial charge in [0.2, 0.25) is 0 Å². The number of rotatable bonds is 3. The van der Waals surface area contributed by atoms with Gasteiger partial charge in [0.1, 0.15) is 4.83 Å². The molecule has 0 amide bonds. The average Bonchev–Trinajstić information content (AvgIpc) is 3.21. The first-order valence-electron chi connectivity index (χ1n) is 8.67.